The average Bonchev–Trinajstić information content (AvgIpc) is 3.17. The number of halogens is 1. The number of pyridine rings is 1. The molecule has 1 saturated carbocycles. The summed E-state index contributed by atoms with van der Waals surface area (Å²) in [5, 5.41) is 13.2. The molecule has 0 radical (unpaired) electrons. The van der Waals surface area contributed by atoms with E-state index in [4.69, 9.17) is 15.2 Å². The quantitative estimate of drug-likeness (QED) is 0.506. The van der Waals surface area contributed by atoms with E-state index in [1.165, 1.54) is 7.11 Å². The number of carbonyl (C=O) groups is 2. The predicted octanol–water partition coefficient (Wildman–Crippen LogP) is 2.73. The number of nitrogens with one attached hydrogen (secondary N) is 1. The summed E-state index contributed by atoms with van der Waals surface area (Å²) in [5.41, 5.74) is 6.42. The van der Waals surface area contributed by atoms with E-state index in [0.717, 1.165) is 25.7 Å². The second kappa shape index (κ2) is 11.1. The van der Waals surface area contributed by atoms with Crippen LogP contribution in [0.2, 0.25) is 0 Å². The lowest BCUT2D eigenvalue weighted by Gasteiger charge is -2.23. The van der Waals surface area contributed by atoms with Gasteiger partial charge in [-0.25, -0.2) is 9.37 Å². The topological polar surface area (TPSA) is 124 Å². The minimum Gasteiger partial charge on any atom is -0.496 e. The molecule has 2 amide bonds. The number of primary amides is 1. The van der Waals surface area contributed by atoms with Gasteiger partial charge < -0.3 is 25.6 Å². The Bertz CT molecular complexity index is 1200. The number of aliphatic hydroxyl groups is 1. The van der Waals surface area contributed by atoms with Crippen LogP contribution in [0.15, 0.2) is 18.3 Å². The third kappa shape index (κ3) is 5.24. The molecule has 1 aromatic heterocycles. The van der Waals surface area contributed by atoms with Crippen LogP contribution in [0.1, 0.15) is 54.9 Å². The Labute approximate surface area is 209 Å². The van der Waals surface area contributed by atoms with Crippen LogP contribution in [-0.4, -0.2) is 54.4 Å². The van der Waals surface area contributed by atoms with Crippen LogP contribution in [0.5, 0.6) is 11.6 Å². The third-order valence-corrected chi connectivity index (χ3v) is 7.29. The second-order valence-corrected chi connectivity index (χ2v) is 9.51. The maximum atomic E-state index is 14.2. The first kappa shape index (κ1) is 25.7. The molecule has 0 bridgehead atoms. The molecule has 36 heavy (non-hydrogen) atoms. The average molecular weight is 498 g/mol. The number of alkyl halides is 1. The molecule has 2 aliphatic rings. The molecule has 1 aliphatic carbocycles. The number of aromatic nitrogens is 1. The van der Waals surface area contributed by atoms with Crippen molar-refractivity contribution < 1.29 is 28.6 Å². The lowest BCUT2D eigenvalue weighted by molar-refractivity contribution is -0.123. The molecule has 2 heterocycles. The van der Waals surface area contributed by atoms with E-state index >= 15 is 0 Å². The molecular weight excluding hydrogens is 465 g/mol. The first-order chi connectivity index (χ1) is 17.4. The highest BCUT2D eigenvalue weighted by atomic mass is 19.1. The lowest BCUT2D eigenvalue weighted by atomic mass is 9.82. The molecular formula is C27H32FN3O5. The maximum absolute atomic E-state index is 14.2. The number of hydrogen-bond acceptors (Lipinski definition) is 6. The summed E-state index contributed by atoms with van der Waals surface area (Å²) in [6, 6.07) is 2.79. The summed E-state index contributed by atoms with van der Waals surface area (Å²) in [6.07, 6.45) is 4.26. The van der Waals surface area contributed by atoms with E-state index in [1.54, 1.807) is 18.3 Å². The Hall–Kier alpha value is -3.38. The number of ether oxygens (including phenoxy) is 2. The van der Waals surface area contributed by atoms with E-state index in [2.05, 4.69) is 22.1 Å². The minimum absolute atomic E-state index is 0.0474. The molecule has 8 nitrogen and oxygen atoms in total. The van der Waals surface area contributed by atoms with Crippen molar-refractivity contribution in [1.29, 1.82) is 0 Å². The number of nitrogens with two attached hydrogens (primary N) is 1. The fourth-order valence-corrected chi connectivity index (χ4v) is 5.08. The standard InChI is InChI=1S/C27H32FN3O5/c1-3-18-22(31-26(34)24(18)28)14-36-27-20-11-23(35-2)21(25(29)33)10-19(20)17(12-30-27)9-8-15-4-6-16(13-32)7-5-15/h10-12,15-16,18,22,24,32H,3-7,13-14H2,1-2H3,(H2,29,33)(H,31,34)/t15-,16+,18-,22+,24-/m0/s1. The van der Waals surface area contributed by atoms with Gasteiger partial charge in [0.2, 0.25) is 5.88 Å². The molecule has 0 unspecified atom stereocenters. The van der Waals surface area contributed by atoms with Crippen molar-refractivity contribution in [2.75, 3.05) is 20.3 Å². The summed E-state index contributed by atoms with van der Waals surface area (Å²) in [5.74, 6) is 5.90. The van der Waals surface area contributed by atoms with E-state index in [1.807, 2.05) is 6.92 Å². The minimum atomic E-state index is -1.56. The Morgan fingerprint density at radius 3 is 2.67 bits per heavy atom. The number of nitrogens with zero attached hydrogens (tertiary/aromatic N) is 1. The number of rotatable bonds is 7. The SMILES string of the molecule is CC[C@@H]1[C@H](F)C(=O)N[C@@H]1COc1ncc(C#C[C@H]2CC[C@@H](CO)CC2)c2cc(C(N)=O)c(OC)cc12. The fraction of sp³-hybridized carbons (Fsp3) is 0.519. The van der Waals surface area contributed by atoms with Crippen LogP contribution < -0.4 is 20.5 Å². The van der Waals surface area contributed by atoms with Gasteiger partial charge in [0.05, 0.1) is 24.3 Å². The highest BCUT2D eigenvalue weighted by Gasteiger charge is 2.41. The summed E-state index contributed by atoms with van der Waals surface area (Å²) >= 11 is 0. The van der Waals surface area contributed by atoms with Gasteiger partial charge in [0.1, 0.15) is 12.4 Å². The lowest BCUT2D eigenvalue weighted by Crippen LogP contribution is -2.34. The molecule has 4 rings (SSSR count). The van der Waals surface area contributed by atoms with Crippen molar-refractivity contribution >= 4 is 22.6 Å². The van der Waals surface area contributed by atoms with E-state index in [0.29, 0.717) is 28.7 Å². The van der Waals surface area contributed by atoms with Crippen LogP contribution in [0.25, 0.3) is 10.8 Å². The molecule has 1 aliphatic heterocycles. The van der Waals surface area contributed by atoms with Crippen molar-refractivity contribution in [3.63, 3.8) is 0 Å². The van der Waals surface area contributed by atoms with Gasteiger partial charge in [0.15, 0.2) is 6.17 Å². The van der Waals surface area contributed by atoms with Crippen molar-refractivity contribution in [2.45, 2.75) is 51.2 Å². The molecule has 2 aromatic rings. The molecule has 4 N–H and O–H groups in total. The predicted molar refractivity (Wildman–Crippen MR) is 132 cm³/mol. The summed E-state index contributed by atoms with van der Waals surface area (Å²) in [4.78, 5) is 28.3. The van der Waals surface area contributed by atoms with Gasteiger partial charge >= 0.3 is 0 Å². The maximum Gasteiger partial charge on any atom is 0.255 e. The van der Waals surface area contributed by atoms with Crippen molar-refractivity contribution in [1.82, 2.24) is 10.3 Å². The number of methoxy groups -OCH3 is 1. The van der Waals surface area contributed by atoms with Crippen molar-refractivity contribution in [2.24, 2.45) is 23.5 Å². The van der Waals surface area contributed by atoms with Gasteiger partial charge in [0.25, 0.3) is 11.8 Å². The largest absolute Gasteiger partial charge is 0.496 e. The van der Waals surface area contributed by atoms with Crippen LogP contribution >= 0.6 is 0 Å². The number of amides is 2. The Morgan fingerprint density at radius 2 is 2.03 bits per heavy atom. The van der Waals surface area contributed by atoms with Crippen molar-refractivity contribution in [3.8, 4) is 23.5 Å². The highest BCUT2D eigenvalue weighted by molar-refractivity contribution is 6.03. The van der Waals surface area contributed by atoms with Gasteiger partial charge in [-0.05, 0) is 50.2 Å². The number of fused-ring (bicyclic) bond motifs is 1. The van der Waals surface area contributed by atoms with E-state index in [-0.39, 0.29) is 36.3 Å². The van der Waals surface area contributed by atoms with Gasteiger partial charge in [-0.1, -0.05) is 18.8 Å². The Balaban J connectivity index is 1.67. The highest BCUT2D eigenvalue weighted by Crippen LogP contribution is 2.34. The number of aliphatic hydroxyl groups excluding tert-OH is 1. The first-order valence-corrected chi connectivity index (χ1v) is 12.4. The monoisotopic (exact) mass is 497 g/mol. The van der Waals surface area contributed by atoms with Crippen LogP contribution in [-0.2, 0) is 4.79 Å². The number of hydrogen-bond donors (Lipinski definition) is 3. The van der Waals surface area contributed by atoms with Crippen LogP contribution in [0.4, 0.5) is 4.39 Å². The normalized spacial score (nSPS) is 25.7. The molecule has 1 saturated heterocycles. The Kier molecular flexibility index (Phi) is 7.94. The first-order valence-electron chi connectivity index (χ1n) is 12.4. The second-order valence-electron chi connectivity index (χ2n) is 9.51. The zero-order valence-electron chi connectivity index (χ0n) is 20.6. The summed E-state index contributed by atoms with van der Waals surface area (Å²) in [7, 11) is 1.44. The van der Waals surface area contributed by atoms with Crippen LogP contribution in [0.3, 0.4) is 0 Å². The molecule has 9 heteroatoms. The van der Waals surface area contributed by atoms with Gasteiger partial charge in [0, 0.05) is 35.4 Å². The van der Waals surface area contributed by atoms with Gasteiger partial charge in [-0.15, -0.1) is 0 Å². The summed E-state index contributed by atoms with van der Waals surface area (Å²) < 4.78 is 25.5. The van der Waals surface area contributed by atoms with E-state index in [9.17, 15) is 19.1 Å². The van der Waals surface area contributed by atoms with Crippen molar-refractivity contribution in [3.05, 3.63) is 29.5 Å². The third-order valence-electron chi connectivity index (χ3n) is 7.29. The molecule has 0 spiro atoms. The fourth-order valence-electron chi connectivity index (χ4n) is 5.08. The number of benzene rings is 1. The summed E-state index contributed by atoms with van der Waals surface area (Å²) in [6.45, 7) is 2.09. The number of carbonyl (C=O) groups excluding carboxylic acids is 2. The van der Waals surface area contributed by atoms with Gasteiger partial charge in [-0.2, -0.15) is 0 Å². The molecule has 3 atom stereocenters. The van der Waals surface area contributed by atoms with Crippen LogP contribution in [0, 0.1) is 29.6 Å². The smallest absolute Gasteiger partial charge is 0.255 e. The van der Waals surface area contributed by atoms with E-state index < -0.39 is 29.9 Å². The molecule has 192 valence electrons. The Morgan fingerprint density at radius 1 is 1.28 bits per heavy atom. The van der Waals surface area contributed by atoms with Gasteiger partial charge in [-0.3, -0.25) is 9.59 Å². The zero-order chi connectivity index (χ0) is 25.8. The zero-order valence-corrected chi connectivity index (χ0v) is 20.6. The molecule has 2 fully saturated rings. The molecule has 1 aromatic carbocycles.